The Morgan fingerprint density at radius 1 is 1.09 bits per heavy atom. The van der Waals surface area contributed by atoms with E-state index in [0.717, 1.165) is 5.56 Å². The molecule has 3 aromatic rings. The van der Waals surface area contributed by atoms with Crippen molar-refractivity contribution in [1.82, 2.24) is 25.4 Å². The van der Waals surface area contributed by atoms with Gasteiger partial charge in [0.25, 0.3) is 5.69 Å². The molecule has 0 unspecified atom stereocenters. The summed E-state index contributed by atoms with van der Waals surface area (Å²) in [6.45, 7) is 1.66. The van der Waals surface area contributed by atoms with Crippen LogP contribution in [0.15, 0.2) is 59.8 Å². The van der Waals surface area contributed by atoms with Gasteiger partial charge in [-0.2, -0.15) is 0 Å². The maximum absolute atomic E-state index is 12.0. The lowest BCUT2D eigenvalue weighted by Gasteiger charge is -2.11. The summed E-state index contributed by atoms with van der Waals surface area (Å²) >= 11 is 1.45. The highest BCUT2D eigenvalue weighted by Gasteiger charge is 2.17. The number of rotatable bonds is 10. The van der Waals surface area contributed by atoms with Crippen LogP contribution in [-0.4, -0.2) is 44.8 Å². The number of nitrogens with zero attached hydrogens (tertiary/aromatic N) is 4. The number of nitro benzene ring substituents is 1. The number of esters is 1. The summed E-state index contributed by atoms with van der Waals surface area (Å²) in [5.74, 6) is 0.520. The molecule has 0 fully saturated rings. The summed E-state index contributed by atoms with van der Waals surface area (Å²) in [5.41, 5.74) is 1.67. The molecule has 0 saturated heterocycles. The number of nitrogens with one attached hydrogen (secondary N) is 2. The molecule has 2 aromatic carbocycles. The lowest BCUT2D eigenvalue weighted by Crippen LogP contribution is -2.39. The topological polar surface area (TPSA) is 141 Å². The van der Waals surface area contributed by atoms with Gasteiger partial charge in [-0.25, -0.2) is 4.79 Å². The molecular formula is C21H22N6O5S. The number of hydrogen-bond donors (Lipinski definition) is 2. The van der Waals surface area contributed by atoms with Crippen LogP contribution in [-0.2, 0) is 21.8 Å². The van der Waals surface area contributed by atoms with Crippen molar-refractivity contribution in [1.29, 1.82) is 0 Å². The van der Waals surface area contributed by atoms with E-state index in [1.54, 1.807) is 23.6 Å². The number of hydrogen-bond acceptors (Lipinski definition) is 8. The number of ether oxygens (including phenoxy) is 1. The first-order valence-corrected chi connectivity index (χ1v) is 11.0. The number of aromatic nitrogens is 3. The fourth-order valence-electron chi connectivity index (χ4n) is 2.80. The number of thioether (sulfide) groups is 1. The average molecular weight is 471 g/mol. The highest BCUT2D eigenvalue weighted by molar-refractivity contribution is 7.98. The first kappa shape index (κ1) is 23.7. The molecule has 0 saturated carbocycles. The van der Waals surface area contributed by atoms with Gasteiger partial charge >= 0.3 is 12.0 Å². The molecule has 0 aliphatic heterocycles. The maximum atomic E-state index is 12.0. The van der Waals surface area contributed by atoms with Crippen molar-refractivity contribution in [3.8, 4) is 5.69 Å². The second-order valence-electron chi connectivity index (χ2n) is 6.62. The summed E-state index contributed by atoms with van der Waals surface area (Å²) in [7, 11) is 0. The van der Waals surface area contributed by atoms with Crippen LogP contribution in [0.1, 0.15) is 18.3 Å². The Morgan fingerprint density at radius 3 is 2.48 bits per heavy atom. The van der Waals surface area contributed by atoms with Crippen LogP contribution in [0, 0.1) is 10.1 Å². The normalized spacial score (nSPS) is 10.5. The number of benzene rings is 2. The average Bonchev–Trinajstić information content (AvgIpc) is 3.23. The molecule has 3 rings (SSSR count). The van der Waals surface area contributed by atoms with Gasteiger partial charge in [-0.15, -0.1) is 10.2 Å². The molecule has 1 heterocycles. The van der Waals surface area contributed by atoms with Gasteiger partial charge in [0.05, 0.1) is 18.1 Å². The van der Waals surface area contributed by atoms with E-state index in [0.29, 0.717) is 22.4 Å². The molecular weight excluding hydrogens is 448 g/mol. The second-order valence-corrected chi connectivity index (χ2v) is 7.57. The molecule has 2 N–H and O–H groups in total. The number of non-ortho nitro benzene ring substituents is 1. The Morgan fingerprint density at radius 2 is 1.82 bits per heavy atom. The highest BCUT2D eigenvalue weighted by Crippen LogP contribution is 2.26. The van der Waals surface area contributed by atoms with Crippen molar-refractivity contribution < 1.29 is 19.2 Å². The zero-order chi connectivity index (χ0) is 23.6. The standard InChI is InChI=1S/C21H22N6O5S/c1-2-32-19(28)13-23-20(29)22-12-18-24-25-21(33-14-15-6-4-3-5-7-15)26(18)16-8-10-17(11-9-16)27(30)31/h3-11H,2,12-14H2,1H3,(H2,22,23,29). The van der Waals surface area contributed by atoms with E-state index >= 15 is 0 Å². The zero-order valence-electron chi connectivity index (χ0n) is 17.8. The minimum absolute atomic E-state index is 0.0184. The number of urea groups is 1. The minimum Gasteiger partial charge on any atom is -0.465 e. The molecule has 0 radical (unpaired) electrons. The lowest BCUT2D eigenvalue weighted by atomic mass is 10.2. The Balaban J connectivity index is 1.76. The third kappa shape index (κ3) is 6.77. The summed E-state index contributed by atoms with van der Waals surface area (Å²) in [6.07, 6.45) is 0. The predicted octanol–water partition coefficient (Wildman–Crippen LogP) is 2.83. The SMILES string of the molecule is CCOC(=O)CNC(=O)NCc1nnc(SCc2ccccc2)n1-c1ccc([N+](=O)[O-])cc1. The van der Waals surface area contributed by atoms with Gasteiger partial charge in [-0.05, 0) is 24.6 Å². The van der Waals surface area contributed by atoms with Gasteiger partial charge in [-0.3, -0.25) is 19.5 Å². The lowest BCUT2D eigenvalue weighted by molar-refractivity contribution is -0.384. The number of carbonyl (C=O) groups is 2. The Bertz CT molecular complexity index is 1100. The van der Waals surface area contributed by atoms with Crippen molar-refractivity contribution in [3.05, 3.63) is 76.1 Å². The van der Waals surface area contributed by atoms with Gasteiger partial charge in [0.15, 0.2) is 11.0 Å². The zero-order valence-corrected chi connectivity index (χ0v) is 18.6. The van der Waals surface area contributed by atoms with E-state index in [2.05, 4.69) is 20.8 Å². The molecule has 1 aromatic heterocycles. The van der Waals surface area contributed by atoms with Crippen molar-refractivity contribution in [2.45, 2.75) is 24.4 Å². The largest absolute Gasteiger partial charge is 0.465 e. The summed E-state index contributed by atoms with van der Waals surface area (Å²) < 4.78 is 6.49. The second kappa shape index (κ2) is 11.6. The fourth-order valence-corrected chi connectivity index (χ4v) is 3.73. The van der Waals surface area contributed by atoms with Crippen LogP contribution >= 0.6 is 11.8 Å². The van der Waals surface area contributed by atoms with E-state index < -0.39 is 16.9 Å². The Kier molecular flexibility index (Phi) is 8.36. The first-order chi connectivity index (χ1) is 16.0. The molecule has 11 nitrogen and oxygen atoms in total. The van der Waals surface area contributed by atoms with Crippen molar-refractivity contribution in [2.24, 2.45) is 0 Å². The third-order valence-corrected chi connectivity index (χ3v) is 5.34. The van der Waals surface area contributed by atoms with E-state index in [1.165, 1.54) is 23.9 Å². The van der Waals surface area contributed by atoms with E-state index in [-0.39, 0.29) is 25.4 Å². The maximum Gasteiger partial charge on any atom is 0.325 e. The molecule has 2 amide bonds. The monoisotopic (exact) mass is 470 g/mol. The van der Waals surface area contributed by atoms with Gasteiger partial charge in [0.1, 0.15) is 6.54 Å². The number of amides is 2. The van der Waals surface area contributed by atoms with Crippen molar-refractivity contribution in [2.75, 3.05) is 13.2 Å². The van der Waals surface area contributed by atoms with E-state index in [4.69, 9.17) is 4.74 Å². The van der Waals surface area contributed by atoms with Gasteiger partial charge in [0, 0.05) is 23.6 Å². The summed E-state index contributed by atoms with van der Waals surface area (Å²) in [6, 6.07) is 15.2. The molecule has 172 valence electrons. The van der Waals surface area contributed by atoms with Gasteiger partial charge < -0.3 is 15.4 Å². The van der Waals surface area contributed by atoms with Crippen LogP contribution in [0.5, 0.6) is 0 Å². The van der Waals surface area contributed by atoms with Gasteiger partial charge in [0.2, 0.25) is 0 Å². The molecule has 0 bridgehead atoms. The minimum atomic E-state index is -0.570. The molecule has 12 heteroatoms. The van der Waals surface area contributed by atoms with Crippen molar-refractivity contribution in [3.63, 3.8) is 0 Å². The molecule has 0 aliphatic carbocycles. The van der Waals surface area contributed by atoms with Crippen LogP contribution in [0.4, 0.5) is 10.5 Å². The predicted molar refractivity (Wildman–Crippen MR) is 121 cm³/mol. The quantitative estimate of drug-likeness (QED) is 0.199. The Hall–Kier alpha value is -3.93. The summed E-state index contributed by atoms with van der Waals surface area (Å²) in [4.78, 5) is 34.0. The van der Waals surface area contributed by atoms with Crippen LogP contribution in [0.2, 0.25) is 0 Å². The molecule has 0 aliphatic rings. The molecule has 0 atom stereocenters. The Labute approximate surface area is 193 Å². The van der Waals surface area contributed by atoms with Crippen LogP contribution < -0.4 is 10.6 Å². The highest BCUT2D eigenvalue weighted by atomic mass is 32.2. The fraction of sp³-hybridized carbons (Fsp3) is 0.238. The van der Waals surface area contributed by atoms with E-state index in [9.17, 15) is 19.7 Å². The third-order valence-electron chi connectivity index (χ3n) is 4.34. The van der Waals surface area contributed by atoms with E-state index in [1.807, 2.05) is 30.3 Å². The van der Waals surface area contributed by atoms with Crippen LogP contribution in [0.25, 0.3) is 5.69 Å². The van der Waals surface area contributed by atoms with Crippen LogP contribution in [0.3, 0.4) is 0 Å². The first-order valence-electron chi connectivity index (χ1n) is 10.0. The smallest absolute Gasteiger partial charge is 0.325 e. The number of nitro groups is 1. The number of carbonyl (C=O) groups excluding carboxylic acids is 2. The molecule has 0 spiro atoms. The molecule has 33 heavy (non-hydrogen) atoms. The summed E-state index contributed by atoms with van der Waals surface area (Å²) in [5, 5.41) is 25.0. The van der Waals surface area contributed by atoms with Gasteiger partial charge in [-0.1, -0.05) is 42.1 Å². The van der Waals surface area contributed by atoms with Crippen molar-refractivity contribution >= 4 is 29.4 Å².